The van der Waals surface area contributed by atoms with Crippen molar-refractivity contribution in [2.75, 3.05) is 11.9 Å². The number of aryl methyl sites for hydroxylation is 2. The van der Waals surface area contributed by atoms with E-state index in [0.717, 1.165) is 23.4 Å². The number of hydrogen-bond donors (Lipinski definition) is 2. The van der Waals surface area contributed by atoms with Crippen molar-refractivity contribution in [3.05, 3.63) is 23.3 Å². The number of phenolic OH excluding ortho intramolecular Hbond substituents is 1. The van der Waals surface area contributed by atoms with Crippen LogP contribution in [0.4, 0.5) is 5.69 Å². The van der Waals surface area contributed by atoms with E-state index in [1.54, 1.807) is 0 Å². The van der Waals surface area contributed by atoms with Gasteiger partial charge in [-0.05, 0) is 37.0 Å². The number of aromatic hydroxyl groups is 1. The summed E-state index contributed by atoms with van der Waals surface area (Å²) in [5, 5.41) is 13.2. The summed E-state index contributed by atoms with van der Waals surface area (Å²) in [6, 6.07) is 3.96. The number of rotatable bonds is 4. The summed E-state index contributed by atoms with van der Waals surface area (Å²) in [6.07, 6.45) is 0. The first-order valence-electron chi connectivity index (χ1n) is 5.60. The predicted molar refractivity (Wildman–Crippen MR) is 73.6 cm³/mol. The van der Waals surface area contributed by atoms with E-state index in [0.29, 0.717) is 16.5 Å². The number of anilines is 1. The molecule has 1 rings (SSSR count). The minimum absolute atomic E-state index is 0.356. The zero-order valence-electron chi connectivity index (χ0n) is 10.3. The molecule has 0 radical (unpaired) electrons. The molecule has 0 bridgehead atoms. The fraction of sp³-hybridized carbons (Fsp3) is 0.538. The van der Waals surface area contributed by atoms with Gasteiger partial charge in [0, 0.05) is 11.4 Å². The summed E-state index contributed by atoms with van der Waals surface area (Å²) in [4.78, 5) is 0.410. The number of alkyl halides is 1. The highest BCUT2D eigenvalue weighted by atomic mass is 79.9. The van der Waals surface area contributed by atoms with Crippen molar-refractivity contribution in [1.82, 2.24) is 0 Å². The van der Waals surface area contributed by atoms with Gasteiger partial charge in [0.25, 0.3) is 0 Å². The molecule has 1 aromatic rings. The number of nitrogens with one attached hydrogen (secondary N) is 1. The van der Waals surface area contributed by atoms with Gasteiger partial charge >= 0.3 is 0 Å². The van der Waals surface area contributed by atoms with Crippen LogP contribution in [0.5, 0.6) is 5.75 Å². The molecular formula is C13H20BrNO. The normalized spacial score (nSPS) is 12.9. The van der Waals surface area contributed by atoms with Gasteiger partial charge in [-0.25, -0.2) is 0 Å². The molecule has 90 valence electrons. The Morgan fingerprint density at radius 2 is 1.94 bits per heavy atom. The summed E-state index contributed by atoms with van der Waals surface area (Å²) < 4.78 is 0. The largest absolute Gasteiger partial charge is 0.506 e. The summed E-state index contributed by atoms with van der Waals surface area (Å²) in [5.41, 5.74) is 2.90. The van der Waals surface area contributed by atoms with E-state index >= 15 is 0 Å². The summed E-state index contributed by atoms with van der Waals surface area (Å²) in [5.74, 6) is 0.926. The highest BCUT2D eigenvalue weighted by Gasteiger charge is 2.10. The Morgan fingerprint density at radius 3 is 2.50 bits per heavy atom. The smallest absolute Gasteiger partial charge is 0.141 e. The van der Waals surface area contributed by atoms with Gasteiger partial charge in [0.1, 0.15) is 5.75 Å². The third kappa shape index (κ3) is 3.41. The molecule has 2 N–H and O–H groups in total. The zero-order chi connectivity index (χ0) is 12.3. The van der Waals surface area contributed by atoms with Gasteiger partial charge in [0.15, 0.2) is 0 Å². The third-order valence-corrected chi connectivity index (χ3v) is 4.04. The Kier molecular flexibility index (Phi) is 4.66. The Morgan fingerprint density at radius 1 is 1.31 bits per heavy atom. The first-order valence-corrected chi connectivity index (χ1v) is 6.51. The minimum Gasteiger partial charge on any atom is -0.506 e. The second-order valence-corrected chi connectivity index (χ2v) is 5.80. The van der Waals surface area contributed by atoms with Crippen LogP contribution >= 0.6 is 15.9 Å². The van der Waals surface area contributed by atoms with Gasteiger partial charge < -0.3 is 10.4 Å². The maximum Gasteiger partial charge on any atom is 0.141 e. The molecule has 0 aromatic heterocycles. The molecule has 3 heteroatoms. The highest BCUT2D eigenvalue weighted by molar-refractivity contribution is 9.09. The Hall–Kier alpha value is -0.700. The quantitative estimate of drug-likeness (QED) is 0.651. The molecule has 0 saturated heterocycles. The van der Waals surface area contributed by atoms with Crippen molar-refractivity contribution < 1.29 is 5.11 Å². The number of phenols is 1. The molecule has 0 aliphatic carbocycles. The molecule has 0 aliphatic rings. The van der Waals surface area contributed by atoms with Crippen LogP contribution in [0.2, 0.25) is 0 Å². The minimum atomic E-state index is 0.356. The topological polar surface area (TPSA) is 32.3 Å². The average Bonchev–Trinajstić information content (AvgIpc) is 2.20. The first-order chi connectivity index (χ1) is 7.41. The van der Waals surface area contributed by atoms with Crippen molar-refractivity contribution in [2.24, 2.45) is 5.92 Å². The third-order valence-electron chi connectivity index (χ3n) is 2.66. The monoisotopic (exact) mass is 285 g/mol. The van der Waals surface area contributed by atoms with Crippen LogP contribution in [0, 0.1) is 19.8 Å². The van der Waals surface area contributed by atoms with Gasteiger partial charge in [0.05, 0.1) is 5.69 Å². The van der Waals surface area contributed by atoms with E-state index in [2.05, 4.69) is 35.1 Å². The molecular weight excluding hydrogens is 266 g/mol. The van der Waals surface area contributed by atoms with Crippen LogP contribution in [-0.4, -0.2) is 16.5 Å². The lowest BCUT2D eigenvalue weighted by Gasteiger charge is -2.17. The standard InChI is InChI=1S/C13H20BrNO/c1-8(2)11(14)7-15-12-6-9(3)5-10(4)13(12)16/h5-6,8,11,15-16H,7H2,1-4H3. The molecule has 16 heavy (non-hydrogen) atoms. The molecule has 1 atom stereocenters. The molecule has 0 amide bonds. The van der Waals surface area contributed by atoms with Gasteiger partial charge in [-0.1, -0.05) is 35.8 Å². The van der Waals surface area contributed by atoms with Gasteiger partial charge in [-0.3, -0.25) is 0 Å². The fourth-order valence-electron chi connectivity index (χ4n) is 1.54. The lowest BCUT2D eigenvalue weighted by Crippen LogP contribution is -2.19. The van der Waals surface area contributed by atoms with E-state index in [4.69, 9.17) is 0 Å². The number of benzene rings is 1. The van der Waals surface area contributed by atoms with Crippen LogP contribution in [0.15, 0.2) is 12.1 Å². The molecule has 0 spiro atoms. The van der Waals surface area contributed by atoms with Crippen molar-refractivity contribution >= 4 is 21.6 Å². The maximum absolute atomic E-state index is 9.90. The molecule has 1 aromatic carbocycles. The van der Waals surface area contributed by atoms with Crippen LogP contribution < -0.4 is 5.32 Å². The number of halogens is 1. The summed E-state index contributed by atoms with van der Waals surface area (Å²) in [7, 11) is 0. The van der Waals surface area contributed by atoms with Crippen LogP contribution in [0.3, 0.4) is 0 Å². The van der Waals surface area contributed by atoms with Crippen molar-refractivity contribution in [3.63, 3.8) is 0 Å². The van der Waals surface area contributed by atoms with E-state index in [1.807, 2.05) is 26.0 Å². The van der Waals surface area contributed by atoms with E-state index in [9.17, 15) is 5.11 Å². The van der Waals surface area contributed by atoms with E-state index in [1.165, 1.54) is 0 Å². The van der Waals surface area contributed by atoms with Crippen molar-refractivity contribution in [1.29, 1.82) is 0 Å². The van der Waals surface area contributed by atoms with E-state index < -0.39 is 0 Å². The molecule has 0 saturated carbocycles. The second kappa shape index (κ2) is 5.58. The summed E-state index contributed by atoms with van der Waals surface area (Å²) in [6.45, 7) is 9.10. The van der Waals surface area contributed by atoms with E-state index in [-0.39, 0.29) is 0 Å². The first kappa shape index (κ1) is 13.4. The molecule has 1 unspecified atom stereocenters. The van der Waals surface area contributed by atoms with Crippen LogP contribution in [0.1, 0.15) is 25.0 Å². The zero-order valence-corrected chi connectivity index (χ0v) is 11.9. The Labute approximate surface area is 106 Å². The average molecular weight is 286 g/mol. The molecule has 0 fully saturated rings. The molecule has 0 aliphatic heterocycles. The SMILES string of the molecule is Cc1cc(C)c(O)c(NCC(Br)C(C)C)c1. The molecule has 2 nitrogen and oxygen atoms in total. The Balaban J connectivity index is 2.74. The molecule has 0 heterocycles. The van der Waals surface area contributed by atoms with Crippen molar-refractivity contribution in [2.45, 2.75) is 32.5 Å². The fourth-order valence-corrected chi connectivity index (χ4v) is 1.70. The predicted octanol–water partition coefficient (Wildman–Crippen LogP) is 3.84. The van der Waals surface area contributed by atoms with Crippen LogP contribution in [0.25, 0.3) is 0 Å². The van der Waals surface area contributed by atoms with Gasteiger partial charge in [-0.2, -0.15) is 0 Å². The second-order valence-electron chi connectivity index (χ2n) is 4.62. The van der Waals surface area contributed by atoms with Crippen LogP contribution in [-0.2, 0) is 0 Å². The lowest BCUT2D eigenvalue weighted by molar-refractivity contribution is 0.472. The van der Waals surface area contributed by atoms with Gasteiger partial charge in [-0.15, -0.1) is 0 Å². The highest BCUT2D eigenvalue weighted by Crippen LogP contribution is 2.29. The van der Waals surface area contributed by atoms with Gasteiger partial charge in [0.2, 0.25) is 0 Å². The lowest BCUT2D eigenvalue weighted by atomic mass is 10.1. The number of hydrogen-bond acceptors (Lipinski definition) is 2. The van der Waals surface area contributed by atoms with Crippen molar-refractivity contribution in [3.8, 4) is 5.75 Å². The summed E-state index contributed by atoms with van der Waals surface area (Å²) >= 11 is 3.62. The maximum atomic E-state index is 9.90. The Bertz CT molecular complexity index is 363.